The molecule has 20 heavy (non-hydrogen) atoms. The molecular formula is C14H17N3O3. The summed E-state index contributed by atoms with van der Waals surface area (Å²) in [5.41, 5.74) is 1.73. The maximum Gasteiger partial charge on any atom is 0.131 e. The lowest BCUT2D eigenvalue weighted by Gasteiger charge is -2.15. The van der Waals surface area contributed by atoms with Gasteiger partial charge in [0.15, 0.2) is 0 Å². The van der Waals surface area contributed by atoms with Gasteiger partial charge in [0.05, 0.1) is 45.0 Å². The van der Waals surface area contributed by atoms with E-state index in [1.807, 2.05) is 12.1 Å². The number of rotatable bonds is 6. The van der Waals surface area contributed by atoms with E-state index in [2.05, 4.69) is 15.3 Å². The fraction of sp³-hybridized carbons (Fsp3) is 0.286. The van der Waals surface area contributed by atoms with Crippen molar-refractivity contribution in [2.75, 3.05) is 26.6 Å². The molecule has 0 fully saturated rings. The van der Waals surface area contributed by atoms with Crippen LogP contribution in [0.15, 0.2) is 30.9 Å². The lowest BCUT2D eigenvalue weighted by molar-refractivity contribution is 0.369. The average molecular weight is 275 g/mol. The van der Waals surface area contributed by atoms with Crippen molar-refractivity contribution in [2.24, 2.45) is 0 Å². The van der Waals surface area contributed by atoms with Crippen LogP contribution in [-0.4, -0.2) is 31.3 Å². The highest BCUT2D eigenvalue weighted by molar-refractivity contribution is 5.52. The zero-order valence-electron chi connectivity index (χ0n) is 11.7. The van der Waals surface area contributed by atoms with E-state index in [9.17, 15) is 0 Å². The summed E-state index contributed by atoms with van der Waals surface area (Å²) < 4.78 is 16.0. The van der Waals surface area contributed by atoms with Gasteiger partial charge in [-0.15, -0.1) is 0 Å². The Morgan fingerprint density at radius 1 is 0.950 bits per heavy atom. The van der Waals surface area contributed by atoms with Crippen molar-refractivity contribution >= 4 is 5.69 Å². The number of ether oxygens (including phenoxy) is 3. The molecule has 1 aromatic carbocycles. The van der Waals surface area contributed by atoms with E-state index < -0.39 is 0 Å². The van der Waals surface area contributed by atoms with Crippen molar-refractivity contribution < 1.29 is 14.2 Å². The third kappa shape index (κ3) is 3.09. The van der Waals surface area contributed by atoms with E-state index in [0.29, 0.717) is 23.8 Å². The lowest BCUT2D eigenvalue weighted by Crippen LogP contribution is -2.05. The summed E-state index contributed by atoms with van der Waals surface area (Å²) in [6, 6.07) is 3.64. The van der Waals surface area contributed by atoms with Crippen LogP contribution in [0.4, 0.5) is 5.69 Å². The van der Waals surface area contributed by atoms with Crippen molar-refractivity contribution in [1.29, 1.82) is 0 Å². The Hall–Kier alpha value is -2.50. The van der Waals surface area contributed by atoms with Gasteiger partial charge in [-0.05, 0) is 0 Å². The molecule has 0 aliphatic carbocycles. The second kappa shape index (κ2) is 6.60. The van der Waals surface area contributed by atoms with Crippen LogP contribution in [0.2, 0.25) is 0 Å². The predicted octanol–water partition coefficient (Wildman–Crippen LogP) is 2.11. The van der Waals surface area contributed by atoms with Crippen molar-refractivity contribution in [3.05, 3.63) is 36.4 Å². The summed E-state index contributed by atoms with van der Waals surface area (Å²) in [5.74, 6) is 2.08. The summed E-state index contributed by atoms with van der Waals surface area (Å²) in [7, 11) is 4.83. The zero-order valence-corrected chi connectivity index (χ0v) is 11.7. The fourth-order valence-electron chi connectivity index (χ4n) is 1.83. The van der Waals surface area contributed by atoms with Gasteiger partial charge in [0.2, 0.25) is 0 Å². The number of benzene rings is 1. The molecule has 0 atom stereocenters. The Labute approximate surface area is 117 Å². The number of hydrogen-bond donors (Lipinski definition) is 1. The normalized spacial score (nSPS) is 9.95. The summed E-state index contributed by atoms with van der Waals surface area (Å²) in [5, 5.41) is 3.22. The van der Waals surface area contributed by atoms with E-state index in [1.165, 1.54) is 6.33 Å². The Balaban J connectivity index is 2.25. The van der Waals surface area contributed by atoms with Gasteiger partial charge in [-0.2, -0.15) is 0 Å². The van der Waals surface area contributed by atoms with Crippen LogP contribution in [0.25, 0.3) is 0 Å². The highest BCUT2D eigenvalue weighted by atomic mass is 16.5. The van der Waals surface area contributed by atoms with Crippen LogP contribution >= 0.6 is 0 Å². The number of nitrogens with one attached hydrogen (secondary N) is 1. The first-order valence-electron chi connectivity index (χ1n) is 6.06. The van der Waals surface area contributed by atoms with Crippen LogP contribution in [0.3, 0.4) is 0 Å². The molecular weight excluding hydrogens is 258 g/mol. The summed E-state index contributed by atoms with van der Waals surface area (Å²) in [4.78, 5) is 7.91. The van der Waals surface area contributed by atoms with Crippen molar-refractivity contribution in [1.82, 2.24) is 9.97 Å². The minimum absolute atomic E-state index is 0.531. The standard InChI is InChI=1S/C14H17N3O3/c1-18-11-4-13(19-2)12(14(5-11)20-3)8-17-10-6-15-9-16-7-10/h4-7,9,17H,8H2,1-3H3. The predicted molar refractivity (Wildman–Crippen MR) is 75.5 cm³/mol. The second-order valence-corrected chi connectivity index (χ2v) is 3.99. The molecule has 6 nitrogen and oxygen atoms in total. The first-order valence-corrected chi connectivity index (χ1v) is 6.06. The van der Waals surface area contributed by atoms with Crippen LogP contribution in [-0.2, 0) is 6.54 Å². The Bertz CT molecular complexity index is 536. The maximum absolute atomic E-state index is 5.39. The van der Waals surface area contributed by atoms with E-state index in [1.54, 1.807) is 33.7 Å². The molecule has 6 heteroatoms. The molecule has 0 unspecified atom stereocenters. The maximum atomic E-state index is 5.39. The average Bonchev–Trinajstić information content (AvgIpc) is 2.52. The summed E-state index contributed by atoms with van der Waals surface area (Å²) in [6.07, 6.45) is 4.89. The third-order valence-electron chi connectivity index (χ3n) is 2.85. The van der Waals surface area contributed by atoms with E-state index in [-0.39, 0.29) is 0 Å². The highest BCUT2D eigenvalue weighted by Gasteiger charge is 2.13. The van der Waals surface area contributed by atoms with Crippen LogP contribution in [0.1, 0.15) is 5.56 Å². The summed E-state index contributed by atoms with van der Waals surface area (Å²) in [6.45, 7) is 0.531. The van der Waals surface area contributed by atoms with Gasteiger partial charge >= 0.3 is 0 Å². The Kier molecular flexibility index (Phi) is 4.60. The minimum atomic E-state index is 0.531. The van der Waals surface area contributed by atoms with Gasteiger partial charge < -0.3 is 19.5 Å². The van der Waals surface area contributed by atoms with Crippen LogP contribution < -0.4 is 19.5 Å². The second-order valence-electron chi connectivity index (χ2n) is 3.99. The van der Waals surface area contributed by atoms with E-state index in [0.717, 1.165) is 11.3 Å². The van der Waals surface area contributed by atoms with Gasteiger partial charge in [-0.25, -0.2) is 9.97 Å². The molecule has 106 valence electrons. The number of methoxy groups -OCH3 is 3. The first-order chi connectivity index (χ1) is 9.78. The van der Waals surface area contributed by atoms with Gasteiger partial charge in [0.25, 0.3) is 0 Å². The molecule has 2 aromatic rings. The molecule has 0 aliphatic heterocycles. The molecule has 0 radical (unpaired) electrons. The van der Waals surface area contributed by atoms with Crippen molar-refractivity contribution in [3.8, 4) is 17.2 Å². The molecule has 2 rings (SSSR count). The summed E-state index contributed by atoms with van der Waals surface area (Å²) >= 11 is 0. The van der Waals surface area contributed by atoms with Gasteiger partial charge in [0, 0.05) is 18.7 Å². The Morgan fingerprint density at radius 3 is 2.05 bits per heavy atom. The molecule has 0 aliphatic rings. The first kappa shape index (κ1) is 13.9. The molecule has 0 spiro atoms. The molecule has 0 saturated carbocycles. The lowest BCUT2D eigenvalue weighted by atomic mass is 10.1. The molecule has 1 aromatic heterocycles. The largest absolute Gasteiger partial charge is 0.496 e. The molecule has 0 amide bonds. The quantitative estimate of drug-likeness (QED) is 0.871. The SMILES string of the molecule is COc1cc(OC)c(CNc2cncnc2)c(OC)c1. The fourth-order valence-corrected chi connectivity index (χ4v) is 1.83. The monoisotopic (exact) mass is 275 g/mol. The van der Waals surface area contributed by atoms with Crippen molar-refractivity contribution in [2.45, 2.75) is 6.54 Å². The highest BCUT2D eigenvalue weighted by Crippen LogP contribution is 2.34. The van der Waals surface area contributed by atoms with Crippen LogP contribution in [0, 0.1) is 0 Å². The van der Waals surface area contributed by atoms with Gasteiger partial charge in [-0.3, -0.25) is 0 Å². The molecule has 0 bridgehead atoms. The molecule has 1 N–H and O–H groups in total. The smallest absolute Gasteiger partial charge is 0.131 e. The van der Waals surface area contributed by atoms with Crippen LogP contribution in [0.5, 0.6) is 17.2 Å². The number of nitrogens with zero attached hydrogens (tertiary/aromatic N) is 2. The molecule has 0 saturated heterocycles. The Morgan fingerprint density at radius 2 is 1.55 bits per heavy atom. The van der Waals surface area contributed by atoms with Gasteiger partial charge in [0.1, 0.15) is 23.6 Å². The third-order valence-corrected chi connectivity index (χ3v) is 2.85. The van der Waals surface area contributed by atoms with Crippen molar-refractivity contribution in [3.63, 3.8) is 0 Å². The number of aromatic nitrogens is 2. The zero-order chi connectivity index (χ0) is 14.4. The van der Waals surface area contributed by atoms with Gasteiger partial charge in [-0.1, -0.05) is 0 Å². The topological polar surface area (TPSA) is 65.5 Å². The number of anilines is 1. The minimum Gasteiger partial charge on any atom is -0.496 e. The number of hydrogen-bond acceptors (Lipinski definition) is 6. The van der Waals surface area contributed by atoms with E-state index >= 15 is 0 Å². The molecule has 1 heterocycles. The van der Waals surface area contributed by atoms with E-state index in [4.69, 9.17) is 14.2 Å².